The minimum absolute atomic E-state index is 0.00697. The number of rotatable bonds is 15. The Labute approximate surface area is 290 Å². The molecule has 0 aliphatic heterocycles. The maximum absolute atomic E-state index is 13.5. The van der Waals surface area contributed by atoms with Gasteiger partial charge in [0.15, 0.2) is 12.2 Å². The van der Waals surface area contributed by atoms with Crippen LogP contribution in [0.5, 0.6) is 0 Å². The number of carbonyl (C=O) groups excluding carboxylic acids is 5. The molecule has 0 N–H and O–H groups in total. The Hall–Kier alpha value is -6.90. The highest BCUT2D eigenvalue weighted by Crippen LogP contribution is 2.22. The molecule has 5 heterocycles. The molecule has 15 nitrogen and oxygen atoms in total. The SMILES string of the molecule is O=C(OCCC(OC(=O)c1cccnc1)C(OC(=O)c1cccnc1)C(COC(=O)c1cccnc1)OC(=O)c1cccnc1)c1cccnc1. The number of nitrogens with zero attached hydrogens (tertiary/aromatic N) is 5. The van der Waals surface area contributed by atoms with E-state index in [0.717, 1.165) is 0 Å². The minimum Gasteiger partial charge on any atom is -0.462 e. The zero-order valence-electron chi connectivity index (χ0n) is 26.7. The van der Waals surface area contributed by atoms with Gasteiger partial charge in [0.25, 0.3) is 0 Å². The maximum atomic E-state index is 13.5. The van der Waals surface area contributed by atoms with E-state index in [-0.39, 0.29) is 40.8 Å². The van der Waals surface area contributed by atoms with Crippen LogP contribution < -0.4 is 0 Å². The van der Waals surface area contributed by atoms with Gasteiger partial charge in [0.05, 0.1) is 34.4 Å². The lowest BCUT2D eigenvalue weighted by Gasteiger charge is -2.32. The molecule has 5 rings (SSSR count). The van der Waals surface area contributed by atoms with Crippen molar-refractivity contribution in [1.29, 1.82) is 0 Å². The fourth-order valence-electron chi connectivity index (χ4n) is 4.49. The monoisotopic (exact) mass is 691 g/mol. The summed E-state index contributed by atoms with van der Waals surface area (Å²) in [5.74, 6) is -4.32. The second-order valence-electron chi connectivity index (χ2n) is 10.5. The van der Waals surface area contributed by atoms with Crippen molar-refractivity contribution in [3.63, 3.8) is 0 Å². The van der Waals surface area contributed by atoms with Gasteiger partial charge in [0.2, 0.25) is 0 Å². The van der Waals surface area contributed by atoms with Crippen LogP contribution in [-0.4, -0.2) is 86.3 Å². The Bertz CT molecular complexity index is 1900. The van der Waals surface area contributed by atoms with Crippen molar-refractivity contribution < 1.29 is 47.7 Å². The van der Waals surface area contributed by atoms with Crippen LogP contribution in [0.3, 0.4) is 0 Å². The molecule has 258 valence electrons. The second kappa shape index (κ2) is 18.0. The Morgan fingerprint density at radius 2 is 0.804 bits per heavy atom. The van der Waals surface area contributed by atoms with E-state index in [9.17, 15) is 24.0 Å². The quantitative estimate of drug-likeness (QED) is 0.114. The smallest absolute Gasteiger partial charge is 0.340 e. The summed E-state index contributed by atoms with van der Waals surface area (Å²) in [5.41, 5.74) is 0.312. The molecular weight excluding hydrogens is 662 g/mol. The molecule has 0 saturated carbocycles. The van der Waals surface area contributed by atoms with E-state index in [4.69, 9.17) is 23.7 Å². The molecule has 0 aromatic carbocycles. The first-order valence-electron chi connectivity index (χ1n) is 15.4. The molecule has 0 spiro atoms. The first-order valence-corrected chi connectivity index (χ1v) is 15.4. The Kier molecular flexibility index (Phi) is 12.5. The highest BCUT2D eigenvalue weighted by Gasteiger charge is 2.40. The number of aromatic nitrogens is 5. The summed E-state index contributed by atoms with van der Waals surface area (Å²) in [6.45, 7) is -1.04. The molecule has 5 aromatic heterocycles. The molecule has 3 atom stereocenters. The first kappa shape index (κ1) is 35.4. The summed E-state index contributed by atoms with van der Waals surface area (Å²) in [5, 5.41) is 0. The predicted molar refractivity (Wildman–Crippen MR) is 174 cm³/mol. The molecule has 15 heteroatoms. The maximum Gasteiger partial charge on any atom is 0.340 e. The van der Waals surface area contributed by atoms with Crippen LogP contribution in [0.2, 0.25) is 0 Å². The summed E-state index contributed by atoms with van der Waals surface area (Å²) >= 11 is 0. The Balaban J connectivity index is 1.50. The summed E-state index contributed by atoms with van der Waals surface area (Å²) in [4.78, 5) is 85.7. The van der Waals surface area contributed by atoms with Crippen molar-refractivity contribution in [2.45, 2.75) is 24.7 Å². The van der Waals surface area contributed by atoms with Crippen LogP contribution in [0.4, 0.5) is 0 Å². The summed E-state index contributed by atoms with van der Waals surface area (Å²) in [6, 6.07) is 14.9. The van der Waals surface area contributed by atoms with Gasteiger partial charge in [-0.15, -0.1) is 0 Å². The fourth-order valence-corrected chi connectivity index (χ4v) is 4.49. The fraction of sp³-hybridized carbons (Fsp3) is 0.167. The van der Waals surface area contributed by atoms with E-state index in [2.05, 4.69) is 24.9 Å². The van der Waals surface area contributed by atoms with Gasteiger partial charge in [-0.1, -0.05) is 0 Å². The van der Waals surface area contributed by atoms with Gasteiger partial charge in [0, 0.05) is 68.4 Å². The third kappa shape index (κ3) is 10.3. The molecule has 0 amide bonds. The van der Waals surface area contributed by atoms with E-state index < -0.39 is 54.8 Å². The van der Waals surface area contributed by atoms with Gasteiger partial charge >= 0.3 is 29.8 Å². The van der Waals surface area contributed by atoms with Crippen LogP contribution in [0, 0.1) is 0 Å². The standard InChI is InChI=1S/C36H29N5O10/c42-32(24-6-1-12-37-18-24)47-17-11-29(49-34(44)26-8-3-14-39-20-26)31(51-36(46)28-10-5-16-41-22-28)30(50-35(45)27-9-4-15-40-21-27)23-48-33(43)25-7-2-13-38-19-25/h1-10,12-16,18-22,29-31H,11,17,23H2. The molecule has 0 aliphatic rings. The Morgan fingerprint density at radius 3 is 1.20 bits per heavy atom. The van der Waals surface area contributed by atoms with Crippen molar-refractivity contribution in [1.82, 2.24) is 24.9 Å². The third-order valence-corrected chi connectivity index (χ3v) is 6.99. The highest BCUT2D eigenvalue weighted by molar-refractivity contribution is 5.91. The van der Waals surface area contributed by atoms with Crippen molar-refractivity contribution in [3.05, 3.63) is 150 Å². The zero-order valence-corrected chi connectivity index (χ0v) is 26.7. The molecule has 0 saturated heterocycles. The van der Waals surface area contributed by atoms with Gasteiger partial charge in [0.1, 0.15) is 12.7 Å². The van der Waals surface area contributed by atoms with Crippen molar-refractivity contribution in [2.75, 3.05) is 13.2 Å². The van der Waals surface area contributed by atoms with Crippen LogP contribution in [0.1, 0.15) is 58.2 Å². The average Bonchev–Trinajstić information content (AvgIpc) is 3.19. The van der Waals surface area contributed by atoms with Crippen molar-refractivity contribution >= 4 is 29.8 Å². The van der Waals surface area contributed by atoms with Gasteiger partial charge in [-0.2, -0.15) is 0 Å². The zero-order chi connectivity index (χ0) is 35.8. The van der Waals surface area contributed by atoms with E-state index in [1.54, 1.807) is 6.07 Å². The number of ether oxygens (including phenoxy) is 5. The molecule has 5 aromatic rings. The first-order chi connectivity index (χ1) is 24.9. The number of hydrogen-bond acceptors (Lipinski definition) is 15. The van der Waals surface area contributed by atoms with Gasteiger partial charge in [-0.05, 0) is 60.7 Å². The normalized spacial score (nSPS) is 12.3. The van der Waals surface area contributed by atoms with Gasteiger partial charge < -0.3 is 23.7 Å². The minimum atomic E-state index is -1.65. The summed E-state index contributed by atoms with van der Waals surface area (Å²) < 4.78 is 28.5. The lowest BCUT2D eigenvalue weighted by molar-refractivity contribution is -0.105. The van der Waals surface area contributed by atoms with Gasteiger partial charge in [-0.3, -0.25) is 24.9 Å². The number of pyridine rings is 5. The Morgan fingerprint density at radius 1 is 0.451 bits per heavy atom. The number of hydrogen-bond donors (Lipinski definition) is 0. The summed E-state index contributed by atoms with van der Waals surface area (Å²) in [7, 11) is 0. The van der Waals surface area contributed by atoms with Crippen LogP contribution >= 0.6 is 0 Å². The third-order valence-electron chi connectivity index (χ3n) is 6.99. The van der Waals surface area contributed by atoms with Crippen LogP contribution in [-0.2, 0) is 23.7 Å². The molecule has 0 radical (unpaired) electrons. The molecule has 0 aliphatic carbocycles. The molecule has 0 fully saturated rings. The predicted octanol–water partition coefficient (Wildman–Crippen LogP) is 3.74. The van der Waals surface area contributed by atoms with Crippen LogP contribution in [0.15, 0.2) is 123 Å². The second-order valence-corrected chi connectivity index (χ2v) is 10.5. The largest absolute Gasteiger partial charge is 0.462 e. The average molecular weight is 692 g/mol. The van der Waals surface area contributed by atoms with E-state index in [0.29, 0.717) is 0 Å². The lowest BCUT2D eigenvalue weighted by Crippen LogP contribution is -2.48. The topological polar surface area (TPSA) is 196 Å². The molecular formula is C36H29N5O10. The van der Waals surface area contributed by atoms with Crippen molar-refractivity contribution in [2.24, 2.45) is 0 Å². The van der Waals surface area contributed by atoms with E-state index >= 15 is 0 Å². The van der Waals surface area contributed by atoms with Gasteiger partial charge in [-0.25, -0.2) is 24.0 Å². The van der Waals surface area contributed by atoms with E-state index in [1.807, 2.05) is 0 Å². The molecule has 51 heavy (non-hydrogen) atoms. The van der Waals surface area contributed by atoms with Crippen LogP contribution in [0.25, 0.3) is 0 Å². The molecule has 0 bridgehead atoms. The number of carbonyl (C=O) groups is 5. The highest BCUT2D eigenvalue weighted by atomic mass is 16.6. The van der Waals surface area contributed by atoms with Crippen molar-refractivity contribution in [3.8, 4) is 0 Å². The lowest BCUT2D eigenvalue weighted by atomic mass is 10.0. The van der Waals surface area contributed by atoms with E-state index in [1.165, 1.54) is 117 Å². The molecule has 3 unspecified atom stereocenters. The summed E-state index contributed by atoms with van der Waals surface area (Å²) in [6.07, 6.45) is 8.62. The number of esters is 5.